The maximum Gasteiger partial charge on any atom is 0.315 e. The fourth-order valence-corrected chi connectivity index (χ4v) is 2.04. The predicted octanol–water partition coefficient (Wildman–Crippen LogP) is 0.380. The van der Waals surface area contributed by atoms with E-state index >= 15 is 0 Å². The van der Waals surface area contributed by atoms with Crippen LogP contribution in [0.1, 0.15) is 33.1 Å². The van der Waals surface area contributed by atoms with Crippen LogP contribution in [0.25, 0.3) is 0 Å². The lowest BCUT2D eigenvalue weighted by molar-refractivity contribution is 0.187. The Morgan fingerprint density at radius 1 is 1.56 bits per heavy atom. The number of carbonyl (C=O) groups is 1. The normalized spacial score (nSPS) is 20.8. The summed E-state index contributed by atoms with van der Waals surface area (Å²) in [4.78, 5) is 11.9. The first-order chi connectivity index (χ1) is 8.57. The fraction of sp³-hybridized carbons (Fsp3) is 0.818. The van der Waals surface area contributed by atoms with Crippen molar-refractivity contribution >= 4 is 11.9 Å². The Balaban J connectivity index is 2.62. The van der Waals surface area contributed by atoms with Gasteiger partial charge in [0.15, 0.2) is 5.84 Å². The van der Waals surface area contributed by atoms with Crippen molar-refractivity contribution in [3.63, 3.8) is 0 Å². The number of nitrogens with zero attached hydrogens (tertiary/aromatic N) is 1. The molecule has 0 spiro atoms. The summed E-state index contributed by atoms with van der Waals surface area (Å²) in [6.45, 7) is 4.95. The fourth-order valence-electron chi connectivity index (χ4n) is 2.04. The molecule has 7 nitrogen and oxygen atoms in total. The second-order valence-corrected chi connectivity index (χ2v) is 4.43. The molecule has 1 atom stereocenters. The molecule has 1 heterocycles. The van der Waals surface area contributed by atoms with E-state index in [1.54, 1.807) is 0 Å². The summed E-state index contributed by atoms with van der Waals surface area (Å²) in [5, 5.41) is 17.4. The number of amides is 2. The molecule has 1 fully saturated rings. The lowest BCUT2D eigenvalue weighted by atomic mass is 9.91. The Morgan fingerprint density at radius 3 is 2.67 bits per heavy atom. The molecule has 0 aromatic heterocycles. The number of urea groups is 1. The van der Waals surface area contributed by atoms with Crippen LogP contribution in [0.15, 0.2) is 5.16 Å². The summed E-state index contributed by atoms with van der Waals surface area (Å²) in [5.74, 6) is 0.0188. The summed E-state index contributed by atoms with van der Waals surface area (Å²) >= 11 is 0. The highest BCUT2D eigenvalue weighted by atomic mass is 16.5. The van der Waals surface area contributed by atoms with Gasteiger partial charge >= 0.3 is 6.03 Å². The third kappa shape index (κ3) is 3.25. The number of ether oxygens (including phenoxy) is 1. The van der Waals surface area contributed by atoms with E-state index in [2.05, 4.69) is 15.8 Å². The van der Waals surface area contributed by atoms with Crippen molar-refractivity contribution in [3.8, 4) is 0 Å². The molecule has 1 saturated heterocycles. The first kappa shape index (κ1) is 14.6. The minimum Gasteiger partial charge on any atom is -0.409 e. The Kier molecular flexibility index (Phi) is 5.21. The smallest absolute Gasteiger partial charge is 0.315 e. The van der Waals surface area contributed by atoms with Crippen LogP contribution in [-0.2, 0) is 4.74 Å². The minimum absolute atomic E-state index is 0.0188. The van der Waals surface area contributed by atoms with E-state index in [1.165, 1.54) is 0 Å². The van der Waals surface area contributed by atoms with E-state index < -0.39 is 5.54 Å². The van der Waals surface area contributed by atoms with Crippen molar-refractivity contribution in [3.05, 3.63) is 0 Å². The van der Waals surface area contributed by atoms with Gasteiger partial charge in [0.2, 0.25) is 0 Å². The molecule has 1 aliphatic heterocycles. The third-order valence-electron chi connectivity index (χ3n) is 3.42. The Bertz CT molecular complexity index is 309. The van der Waals surface area contributed by atoms with Gasteiger partial charge < -0.3 is 26.3 Å². The molecular weight excluding hydrogens is 236 g/mol. The molecule has 104 valence electrons. The van der Waals surface area contributed by atoms with Gasteiger partial charge in [-0.25, -0.2) is 4.79 Å². The number of rotatable bonds is 5. The van der Waals surface area contributed by atoms with Gasteiger partial charge in [-0.1, -0.05) is 19.0 Å². The van der Waals surface area contributed by atoms with Gasteiger partial charge in [-0.3, -0.25) is 0 Å². The number of amidine groups is 1. The number of hydrogen-bond donors (Lipinski definition) is 4. The molecule has 0 aliphatic carbocycles. The maximum atomic E-state index is 11.9. The van der Waals surface area contributed by atoms with Crippen molar-refractivity contribution in [2.75, 3.05) is 13.2 Å². The summed E-state index contributed by atoms with van der Waals surface area (Å²) < 4.78 is 5.18. The third-order valence-corrected chi connectivity index (χ3v) is 3.42. The standard InChI is InChI=1S/C11H22N4O3/c1-3-11(4-2,9(12)15-17)14-10(16)13-8-5-6-18-7-8/h8,17H,3-7H2,1-2H3,(H2,12,15)(H2,13,14,16). The molecule has 2 amide bonds. The molecule has 7 heteroatoms. The molecular formula is C11H22N4O3. The maximum absolute atomic E-state index is 11.9. The van der Waals surface area contributed by atoms with Crippen molar-refractivity contribution in [2.24, 2.45) is 10.9 Å². The molecule has 1 aliphatic rings. The van der Waals surface area contributed by atoms with Crippen molar-refractivity contribution < 1.29 is 14.7 Å². The monoisotopic (exact) mass is 258 g/mol. The van der Waals surface area contributed by atoms with E-state index in [1.807, 2.05) is 13.8 Å². The zero-order valence-electron chi connectivity index (χ0n) is 10.9. The summed E-state index contributed by atoms with van der Waals surface area (Å²) in [6.07, 6.45) is 1.91. The van der Waals surface area contributed by atoms with Gasteiger partial charge in [0.1, 0.15) is 5.54 Å². The lowest BCUT2D eigenvalue weighted by Crippen LogP contribution is -2.60. The molecule has 1 rings (SSSR count). The van der Waals surface area contributed by atoms with Crippen LogP contribution in [0.2, 0.25) is 0 Å². The van der Waals surface area contributed by atoms with E-state index in [0.717, 1.165) is 6.42 Å². The molecule has 5 N–H and O–H groups in total. The van der Waals surface area contributed by atoms with Crippen molar-refractivity contribution in [1.82, 2.24) is 10.6 Å². The highest BCUT2D eigenvalue weighted by Gasteiger charge is 2.34. The predicted molar refractivity (Wildman–Crippen MR) is 67.6 cm³/mol. The Hall–Kier alpha value is -1.50. The average molecular weight is 258 g/mol. The molecule has 0 aromatic carbocycles. The number of nitrogens with one attached hydrogen (secondary N) is 2. The van der Waals surface area contributed by atoms with Crippen molar-refractivity contribution in [1.29, 1.82) is 0 Å². The number of oxime groups is 1. The highest BCUT2D eigenvalue weighted by molar-refractivity contribution is 5.93. The number of nitrogens with two attached hydrogens (primary N) is 1. The zero-order chi connectivity index (χ0) is 13.6. The van der Waals surface area contributed by atoms with Crippen LogP contribution >= 0.6 is 0 Å². The van der Waals surface area contributed by atoms with Crippen molar-refractivity contribution in [2.45, 2.75) is 44.7 Å². The quantitative estimate of drug-likeness (QED) is 0.247. The second-order valence-electron chi connectivity index (χ2n) is 4.43. The van der Waals surface area contributed by atoms with Crippen LogP contribution in [0.4, 0.5) is 4.79 Å². The molecule has 0 radical (unpaired) electrons. The lowest BCUT2D eigenvalue weighted by Gasteiger charge is -2.31. The molecule has 0 bridgehead atoms. The Labute approximate surface area is 107 Å². The van der Waals surface area contributed by atoms with Crippen LogP contribution in [0.5, 0.6) is 0 Å². The molecule has 0 aromatic rings. The van der Waals surface area contributed by atoms with Crippen LogP contribution < -0.4 is 16.4 Å². The first-order valence-corrected chi connectivity index (χ1v) is 6.22. The Morgan fingerprint density at radius 2 is 2.22 bits per heavy atom. The number of carbonyl (C=O) groups excluding carboxylic acids is 1. The van der Waals surface area contributed by atoms with Gasteiger partial charge in [0.25, 0.3) is 0 Å². The SMILES string of the molecule is CCC(CC)(NC(=O)NC1CCOC1)C(N)=NO. The van der Waals surface area contributed by atoms with Crippen LogP contribution in [-0.4, -0.2) is 41.9 Å². The molecule has 0 saturated carbocycles. The molecule has 18 heavy (non-hydrogen) atoms. The minimum atomic E-state index is -0.807. The van der Waals surface area contributed by atoms with E-state index in [9.17, 15) is 4.79 Å². The van der Waals surface area contributed by atoms with E-state index in [-0.39, 0.29) is 17.9 Å². The van der Waals surface area contributed by atoms with E-state index in [4.69, 9.17) is 15.7 Å². The summed E-state index contributed by atoms with van der Waals surface area (Å²) in [7, 11) is 0. The van der Waals surface area contributed by atoms with Crippen LogP contribution in [0.3, 0.4) is 0 Å². The largest absolute Gasteiger partial charge is 0.409 e. The van der Waals surface area contributed by atoms with Gasteiger partial charge in [-0.05, 0) is 19.3 Å². The first-order valence-electron chi connectivity index (χ1n) is 6.22. The summed E-state index contributed by atoms with van der Waals surface area (Å²) in [5.41, 5.74) is 4.86. The highest BCUT2D eigenvalue weighted by Crippen LogP contribution is 2.15. The van der Waals surface area contributed by atoms with Gasteiger partial charge in [0.05, 0.1) is 12.6 Å². The van der Waals surface area contributed by atoms with Gasteiger partial charge in [0, 0.05) is 6.61 Å². The number of hydrogen-bond acceptors (Lipinski definition) is 4. The topological polar surface area (TPSA) is 109 Å². The van der Waals surface area contributed by atoms with Crippen LogP contribution in [0, 0.1) is 0 Å². The molecule has 1 unspecified atom stereocenters. The summed E-state index contributed by atoms with van der Waals surface area (Å²) in [6, 6.07) is -0.287. The van der Waals surface area contributed by atoms with Gasteiger partial charge in [-0.2, -0.15) is 0 Å². The second kappa shape index (κ2) is 6.44. The zero-order valence-corrected chi connectivity index (χ0v) is 10.9. The van der Waals surface area contributed by atoms with E-state index in [0.29, 0.717) is 26.1 Å². The van der Waals surface area contributed by atoms with Gasteiger partial charge in [-0.15, -0.1) is 0 Å². The average Bonchev–Trinajstić information content (AvgIpc) is 2.87.